The Morgan fingerprint density at radius 3 is 3.00 bits per heavy atom. The molecule has 0 aliphatic rings. The van der Waals surface area contributed by atoms with Crippen LogP contribution in [0.4, 0.5) is 0 Å². The molecule has 0 spiro atoms. The minimum atomic E-state index is 0. The summed E-state index contributed by atoms with van der Waals surface area (Å²) in [4.78, 5) is 7.26. The maximum Gasteiger partial charge on any atom is 1.00 e. The van der Waals surface area contributed by atoms with E-state index in [0.717, 1.165) is 16.6 Å². The normalized spacial score (nSPS) is 9.75. The first-order valence-corrected chi connectivity index (χ1v) is 3.53. The van der Waals surface area contributed by atoms with Gasteiger partial charge in [0.15, 0.2) is 0 Å². The van der Waals surface area contributed by atoms with E-state index in [1.165, 1.54) is 5.56 Å². The molecule has 2 heterocycles. The number of hydrogen-bond donors (Lipinski definition) is 1. The summed E-state index contributed by atoms with van der Waals surface area (Å²) in [5.74, 6) is 0. The van der Waals surface area contributed by atoms with Crippen LogP contribution in [0.15, 0.2) is 18.5 Å². The molecule has 0 saturated carbocycles. The predicted molar refractivity (Wildman–Crippen MR) is 45.3 cm³/mol. The first kappa shape index (κ1) is 10.4. The molecule has 0 saturated heterocycles. The smallest absolute Gasteiger partial charge is 0.348 e. The van der Waals surface area contributed by atoms with Crippen molar-refractivity contribution in [2.45, 2.75) is 6.92 Å². The fourth-order valence-corrected chi connectivity index (χ4v) is 1.18. The zero-order valence-corrected chi connectivity index (χ0v) is 12.3. The Bertz CT molecular complexity index is 392. The van der Waals surface area contributed by atoms with Gasteiger partial charge in [-0.25, -0.2) is 0 Å². The molecule has 0 bridgehead atoms. The van der Waals surface area contributed by atoms with Crippen molar-refractivity contribution < 1.29 is 58.2 Å². The van der Waals surface area contributed by atoms with E-state index in [4.69, 9.17) is 0 Å². The van der Waals surface area contributed by atoms with E-state index in [9.17, 15) is 0 Å². The van der Waals surface area contributed by atoms with Crippen molar-refractivity contribution in [3.8, 4) is 0 Å². The van der Waals surface area contributed by atoms with E-state index in [-0.39, 0.29) is 58.2 Å². The van der Waals surface area contributed by atoms with Gasteiger partial charge in [-0.2, -0.15) is 18.6 Å². The zero-order chi connectivity index (χ0) is 7.84. The van der Waals surface area contributed by atoms with Gasteiger partial charge in [-0.15, -0.1) is 0 Å². The van der Waals surface area contributed by atoms with Crippen molar-refractivity contribution >= 4 is 11.0 Å². The van der Waals surface area contributed by atoms with Gasteiger partial charge in [0.1, 0.15) is 5.65 Å². The summed E-state index contributed by atoms with van der Waals surface area (Å²) in [5, 5.41) is 1.16. The third-order valence-corrected chi connectivity index (χ3v) is 1.79. The van der Waals surface area contributed by atoms with Gasteiger partial charge in [0.05, 0.1) is 0 Å². The Morgan fingerprint density at radius 1 is 1.50 bits per heavy atom. The first-order chi connectivity index (χ1) is 5.27. The van der Waals surface area contributed by atoms with Gasteiger partial charge >= 0.3 is 58.2 Å². The van der Waals surface area contributed by atoms with E-state index in [1.54, 1.807) is 6.20 Å². The van der Waals surface area contributed by atoms with Crippen LogP contribution in [0.5, 0.6) is 0 Å². The Kier molecular flexibility index (Phi) is 3.52. The van der Waals surface area contributed by atoms with Crippen molar-refractivity contribution in [2.24, 2.45) is 0 Å². The monoisotopic (exact) mass is 230 g/mol. The van der Waals surface area contributed by atoms with Gasteiger partial charge in [0.2, 0.25) is 0 Å². The Morgan fingerprint density at radius 2 is 2.25 bits per heavy atom. The standard InChI is InChI=1S/C9H9N2.Rb/c1-6-3-8-7(2)5-11-9(8)10-4-6;/h3-5H,1H2,2H3,(H,10,11);/q-1;+1. The number of nitrogens with one attached hydrogen (secondary N) is 1. The van der Waals surface area contributed by atoms with E-state index < -0.39 is 0 Å². The summed E-state index contributed by atoms with van der Waals surface area (Å²) < 4.78 is 0. The first-order valence-electron chi connectivity index (χ1n) is 3.53. The number of pyridine rings is 1. The summed E-state index contributed by atoms with van der Waals surface area (Å²) in [6, 6.07) is 2.04. The molecule has 3 heteroatoms. The van der Waals surface area contributed by atoms with E-state index in [1.807, 2.05) is 12.3 Å². The van der Waals surface area contributed by atoms with Crippen molar-refractivity contribution in [3.05, 3.63) is 36.5 Å². The molecule has 0 amide bonds. The number of aromatic nitrogens is 2. The summed E-state index contributed by atoms with van der Waals surface area (Å²) in [5.41, 5.74) is 3.12. The number of rotatable bonds is 0. The number of H-pyrrole nitrogens is 1. The van der Waals surface area contributed by atoms with Crippen LogP contribution in [0, 0.1) is 13.8 Å². The minimum Gasteiger partial charge on any atom is -0.348 e. The molecule has 2 aromatic heterocycles. The molecule has 0 radical (unpaired) electrons. The average molecular weight is 231 g/mol. The number of fused-ring (bicyclic) bond motifs is 1. The number of aryl methyl sites for hydroxylation is 1. The van der Waals surface area contributed by atoms with Gasteiger partial charge in [-0.1, -0.05) is 6.20 Å². The molecular formula is C9H9N2Rb. The van der Waals surface area contributed by atoms with E-state index >= 15 is 0 Å². The summed E-state index contributed by atoms with van der Waals surface area (Å²) in [6.45, 7) is 5.87. The third kappa shape index (κ3) is 1.82. The van der Waals surface area contributed by atoms with Crippen LogP contribution in [0.25, 0.3) is 11.0 Å². The third-order valence-electron chi connectivity index (χ3n) is 1.79. The van der Waals surface area contributed by atoms with E-state index in [0.29, 0.717) is 0 Å². The second-order valence-electron chi connectivity index (χ2n) is 2.71. The van der Waals surface area contributed by atoms with Crippen molar-refractivity contribution in [1.82, 2.24) is 9.97 Å². The average Bonchev–Trinajstić information content (AvgIpc) is 2.33. The summed E-state index contributed by atoms with van der Waals surface area (Å²) in [6.07, 6.45) is 3.72. The minimum absolute atomic E-state index is 0. The SMILES string of the molecule is [CH2-]c1cnc2[nH]cc(C)c2c1.[Rb+]. The van der Waals surface area contributed by atoms with Crippen molar-refractivity contribution in [3.63, 3.8) is 0 Å². The van der Waals surface area contributed by atoms with Crippen LogP contribution in [0.2, 0.25) is 0 Å². The fraction of sp³-hybridized carbons (Fsp3) is 0.111. The van der Waals surface area contributed by atoms with Gasteiger partial charge in [-0.3, -0.25) is 0 Å². The molecule has 0 aromatic carbocycles. The molecule has 2 rings (SSSR count). The second kappa shape index (κ2) is 4.05. The number of hydrogen-bond acceptors (Lipinski definition) is 1. The fourth-order valence-electron chi connectivity index (χ4n) is 1.18. The number of nitrogens with zero attached hydrogens (tertiary/aromatic N) is 1. The Hall–Kier alpha value is 0.365. The van der Waals surface area contributed by atoms with Gasteiger partial charge in [0.25, 0.3) is 0 Å². The molecule has 2 aromatic rings. The molecule has 0 aliphatic heterocycles. The molecule has 12 heavy (non-hydrogen) atoms. The molecule has 0 atom stereocenters. The Labute approximate surface area is 121 Å². The van der Waals surface area contributed by atoms with Crippen molar-refractivity contribution in [1.29, 1.82) is 0 Å². The van der Waals surface area contributed by atoms with Crippen LogP contribution in [-0.2, 0) is 0 Å². The quantitative estimate of drug-likeness (QED) is 0.582. The molecule has 1 N–H and O–H groups in total. The molecule has 0 fully saturated rings. The molecule has 56 valence electrons. The topological polar surface area (TPSA) is 28.7 Å². The largest absolute Gasteiger partial charge is 1.00 e. The molecular weight excluding hydrogens is 222 g/mol. The van der Waals surface area contributed by atoms with Gasteiger partial charge in [-0.05, 0) is 17.9 Å². The van der Waals surface area contributed by atoms with Crippen LogP contribution in [-0.4, -0.2) is 9.97 Å². The van der Waals surface area contributed by atoms with Crippen LogP contribution in [0.3, 0.4) is 0 Å². The predicted octanol–water partition coefficient (Wildman–Crippen LogP) is -0.942. The molecule has 0 unspecified atom stereocenters. The van der Waals surface area contributed by atoms with Gasteiger partial charge in [0, 0.05) is 6.20 Å². The second-order valence-corrected chi connectivity index (χ2v) is 2.71. The number of aromatic amines is 1. The molecule has 0 aliphatic carbocycles. The van der Waals surface area contributed by atoms with E-state index in [2.05, 4.69) is 23.8 Å². The Balaban J connectivity index is 0.000000720. The maximum atomic E-state index is 4.18. The van der Waals surface area contributed by atoms with Crippen molar-refractivity contribution in [2.75, 3.05) is 0 Å². The zero-order valence-electron chi connectivity index (χ0n) is 7.39. The van der Waals surface area contributed by atoms with Gasteiger partial charge < -0.3 is 9.97 Å². The molecule has 2 nitrogen and oxygen atoms in total. The van der Waals surface area contributed by atoms with Crippen LogP contribution >= 0.6 is 0 Å². The maximum absolute atomic E-state index is 4.18. The summed E-state index contributed by atoms with van der Waals surface area (Å²) >= 11 is 0. The van der Waals surface area contributed by atoms with Crippen LogP contribution in [0.1, 0.15) is 11.1 Å². The van der Waals surface area contributed by atoms with Crippen LogP contribution < -0.4 is 58.2 Å². The summed E-state index contributed by atoms with van der Waals surface area (Å²) in [7, 11) is 0.